The molecule has 0 bridgehead atoms. The van der Waals surface area contributed by atoms with Crippen LogP contribution in [-0.2, 0) is 9.53 Å². The van der Waals surface area contributed by atoms with Gasteiger partial charge in [0.1, 0.15) is 6.54 Å². The second-order valence-electron chi connectivity index (χ2n) is 5.96. The van der Waals surface area contributed by atoms with Gasteiger partial charge in [0.15, 0.2) is 0 Å². The van der Waals surface area contributed by atoms with Crippen LogP contribution in [0.4, 0.5) is 5.69 Å². The molecule has 6 nitrogen and oxygen atoms in total. The summed E-state index contributed by atoms with van der Waals surface area (Å²) in [6.07, 6.45) is 0. The molecule has 0 spiro atoms. The predicted molar refractivity (Wildman–Crippen MR) is 107 cm³/mol. The van der Waals surface area contributed by atoms with E-state index in [2.05, 4.69) is 5.32 Å². The number of thiophene rings is 1. The van der Waals surface area contributed by atoms with E-state index < -0.39 is 5.97 Å². The molecule has 1 heterocycles. The minimum atomic E-state index is -0.472. The summed E-state index contributed by atoms with van der Waals surface area (Å²) in [6, 6.07) is 7.88. The minimum absolute atomic E-state index is 0.149. The fraction of sp³-hybridized carbons (Fsp3) is 0.316. The normalized spacial score (nSPS) is 10.6. The monoisotopic (exact) mass is 408 g/mol. The summed E-state index contributed by atoms with van der Waals surface area (Å²) in [5.74, 6) is -1.12. The van der Waals surface area contributed by atoms with E-state index in [9.17, 15) is 14.4 Å². The molecule has 27 heavy (non-hydrogen) atoms. The van der Waals surface area contributed by atoms with Crippen LogP contribution in [0, 0.1) is 0 Å². The van der Waals surface area contributed by atoms with E-state index in [0.29, 0.717) is 21.2 Å². The van der Waals surface area contributed by atoms with Crippen molar-refractivity contribution in [3.05, 3.63) is 51.2 Å². The van der Waals surface area contributed by atoms with Gasteiger partial charge in [0.2, 0.25) is 0 Å². The molecule has 0 unspecified atom stereocenters. The molecule has 8 heteroatoms. The molecule has 0 aliphatic rings. The van der Waals surface area contributed by atoms with Gasteiger partial charge >= 0.3 is 5.97 Å². The van der Waals surface area contributed by atoms with Gasteiger partial charge in [-0.25, -0.2) is 0 Å². The van der Waals surface area contributed by atoms with E-state index in [1.54, 1.807) is 36.6 Å². The zero-order valence-corrected chi connectivity index (χ0v) is 16.9. The summed E-state index contributed by atoms with van der Waals surface area (Å²) in [4.78, 5) is 38.9. The van der Waals surface area contributed by atoms with Crippen LogP contribution in [-0.4, -0.2) is 41.9 Å². The maximum Gasteiger partial charge on any atom is 0.325 e. The molecule has 0 aliphatic heterocycles. The Balaban J connectivity index is 2.22. The Labute approximate surface area is 167 Å². The van der Waals surface area contributed by atoms with Crippen LogP contribution in [0.25, 0.3) is 0 Å². The number of carbonyl (C=O) groups is 3. The molecule has 0 saturated carbocycles. The lowest BCUT2D eigenvalue weighted by Crippen LogP contribution is -2.41. The maximum atomic E-state index is 12.9. The van der Waals surface area contributed by atoms with Gasteiger partial charge < -0.3 is 15.0 Å². The van der Waals surface area contributed by atoms with Crippen LogP contribution in [0.1, 0.15) is 40.8 Å². The van der Waals surface area contributed by atoms with Crippen LogP contribution in [0.15, 0.2) is 35.7 Å². The van der Waals surface area contributed by atoms with Gasteiger partial charge in [-0.05, 0) is 50.4 Å². The third-order valence-electron chi connectivity index (χ3n) is 3.70. The fourth-order valence-electron chi connectivity index (χ4n) is 2.35. The van der Waals surface area contributed by atoms with Gasteiger partial charge in [-0.15, -0.1) is 11.3 Å². The Hall–Kier alpha value is -2.38. The molecule has 2 aromatic rings. The third kappa shape index (κ3) is 5.55. The third-order valence-corrected chi connectivity index (χ3v) is 4.89. The number of nitrogens with one attached hydrogen (secondary N) is 1. The molecule has 0 radical (unpaired) electrons. The molecule has 1 aromatic carbocycles. The van der Waals surface area contributed by atoms with Crippen molar-refractivity contribution in [2.45, 2.75) is 26.8 Å². The highest BCUT2D eigenvalue weighted by Crippen LogP contribution is 2.25. The highest BCUT2D eigenvalue weighted by Gasteiger charge is 2.23. The summed E-state index contributed by atoms with van der Waals surface area (Å²) in [7, 11) is 0. The summed E-state index contributed by atoms with van der Waals surface area (Å²) < 4.78 is 4.94. The number of nitrogens with zero attached hydrogens (tertiary/aromatic N) is 1. The van der Waals surface area contributed by atoms with Gasteiger partial charge in [-0.2, -0.15) is 0 Å². The van der Waals surface area contributed by atoms with Crippen LogP contribution in [0.2, 0.25) is 5.02 Å². The maximum absolute atomic E-state index is 12.9. The largest absolute Gasteiger partial charge is 0.465 e. The molecule has 0 atom stereocenters. The number of esters is 1. The Morgan fingerprint density at radius 3 is 2.59 bits per heavy atom. The highest BCUT2D eigenvalue weighted by molar-refractivity contribution is 7.12. The number of benzene rings is 1. The lowest BCUT2D eigenvalue weighted by atomic mass is 10.1. The molecule has 0 fully saturated rings. The average Bonchev–Trinajstić information content (AvgIpc) is 3.16. The Kier molecular flexibility index (Phi) is 7.38. The smallest absolute Gasteiger partial charge is 0.325 e. The van der Waals surface area contributed by atoms with Gasteiger partial charge in [0.05, 0.1) is 22.2 Å². The number of anilines is 1. The Morgan fingerprint density at radius 2 is 2.00 bits per heavy atom. The topological polar surface area (TPSA) is 75.7 Å². The molecule has 1 aromatic heterocycles. The lowest BCUT2D eigenvalue weighted by Gasteiger charge is -2.26. The van der Waals surface area contributed by atoms with Crippen LogP contribution in [0.5, 0.6) is 0 Å². The van der Waals surface area contributed by atoms with Gasteiger partial charge in [-0.1, -0.05) is 17.7 Å². The number of hydrogen-bond acceptors (Lipinski definition) is 5. The van der Waals surface area contributed by atoms with Crippen molar-refractivity contribution in [1.29, 1.82) is 0 Å². The SMILES string of the molecule is CCOC(=O)CN(C(=O)c1ccc(Cl)c(NC(=O)c2cccs2)c1)C(C)C. The first-order valence-corrected chi connectivity index (χ1v) is 9.70. The molecule has 0 aliphatic carbocycles. The van der Waals surface area contributed by atoms with Crippen LogP contribution < -0.4 is 5.32 Å². The molecule has 0 saturated heterocycles. The van der Waals surface area contributed by atoms with E-state index in [4.69, 9.17) is 16.3 Å². The molecule has 2 amide bonds. The zero-order chi connectivity index (χ0) is 20.0. The van der Waals surface area contributed by atoms with E-state index in [1.165, 1.54) is 22.3 Å². The minimum Gasteiger partial charge on any atom is -0.465 e. The van der Waals surface area contributed by atoms with E-state index in [1.807, 2.05) is 13.8 Å². The molecule has 2 rings (SSSR count). The van der Waals surface area contributed by atoms with Crippen molar-refractivity contribution in [3.63, 3.8) is 0 Å². The Morgan fingerprint density at radius 1 is 1.26 bits per heavy atom. The summed E-state index contributed by atoms with van der Waals surface area (Å²) >= 11 is 7.47. The van der Waals surface area contributed by atoms with Gasteiger partial charge in [0.25, 0.3) is 11.8 Å². The quantitative estimate of drug-likeness (QED) is 0.701. The van der Waals surface area contributed by atoms with E-state index in [0.717, 1.165) is 0 Å². The molecule has 1 N–H and O–H groups in total. The summed E-state index contributed by atoms with van der Waals surface area (Å²) in [5, 5.41) is 4.83. The van der Waals surface area contributed by atoms with Crippen molar-refractivity contribution in [3.8, 4) is 0 Å². The summed E-state index contributed by atoms with van der Waals surface area (Å²) in [5.41, 5.74) is 0.652. The average molecular weight is 409 g/mol. The zero-order valence-electron chi connectivity index (χ0n) is 15.3. The van der Waals surface area contributed by atoms with E-state index in [-0.39, 0.29) is 31.0 Å². The highest BCUT2D eigenvalue weighted by atomic mass is 35.5. The van der Waals surface area contributed by atoms with Crippen molar-refractivity contribution < 1.29 is 19.1 Å². The molecule has 144 valence electrons. The van der Waals surface area contributed by atoms with E-state index >= 15 is 0 Å². The number of ether oxygens (including phenoxy) is 1. The molecular formula is C19H21ClN2O4S. The first-order valence-electron chi connectivity index (χ1n) is 8.44. The van der Waals surface area contributed by atoms with Crippen molar-refractivity contribution in [2.24, 2.45) is 0 Å². The van der Waals surface area contributed by atoms with Gasteiger partial charge in [0, 0.05) is 11.6 Å². The predicted octanol–water partition coefficient (Wildman–Crippen LogP) is 4.07. The van der Waals surface area contributed by atoms with Crippen molar-refractivity contribution in [1.82, 2.24) is 4.90 Å². The number of halogens is 1. The standard InChI is InChI=1S/C19H21ClN2O4S/c1-4-26-17(23)11-22(12(2)3)19(25)13-7-8-14(20)15(10-13)21-18(24)16-6-5-9-27-16/h5-10,12H,4,11H2,1-3H3,(H,21,24). The van der Waals surface area contributed by atoms with Crippen molar-refractivity contribution >= 4 is 46.4 Å². The number of hydrogen-bond donors (Lipinski definition) is 1. The number of carbonyl (C=O) groups excluding carboxylic acids is 3. The lowest BCUT2D eigenvalue weighted by molar-refractivity contribution is -0.144. The van der Waals surface area contributed by atoms with Crippen molar-refractivity contribution in [2.75, 3.05) is 18.5 Å². The Bertz CT molecular complexity index is 821. The van der Waals surface area contributed by atoms with Crippen LogP contribution >= 0.6 is 22.9 Å². The van der Waals surface area contributed by atoms with Gasteiger partial charge in [-0.3, -0.25) is 14.4 Å². The first kappa shape index (κ1) is 20.9. The molecular weight excluding hydrogens is 388 g/mol. The van der Waals surface area contributed by atoms with Crippen LogP contribution in [0.3, 0.4) is 0 Å². The number of rotatable bonds is 7. The first-order chi connectivity index (χ1) is 12.8. The number of amides is 2. The fourth-order valence-corrected chi connectivity index (χ4v) is 3.13. The summed E-state index contributed by atoms with van der Waals surface area (Å²) in [6.45, 7) is 5.43. The second-order valence-corrected chi connectivity index (χ2v) is 7.31. The second kappa shape index (κ2) is 9.53.